The van der Waals surface area contributed by atoms with E-state index in [4.69, 9.17) is 0 Å². The van der Waals surface area contributed by atoms with Crippen LogP contribution >= 0.6 is 0 Å². The summed E-state index contributed by atoms with van der Waals surface area (Å²) in [7, 11) is 0. The molecule has 0 aliphatic carbocycles. The minimum atomic E-state index is 1.28. The molecule has 0 radical (unpaired) electrons. The zero-order valence-corrected chi connectivity index (χ0v) is 21.8. The summed E-state index contributed by atoms with van der Waals surface area (Å²) >= 11 is 0. The SMILES string of the molecule is CCCCCCCCCCCCc1cc(C)cc(CCCCCCCCCCCC)c1. The summed E-state index contributed by atoms with van der Waals surface area (Å²) < 4.78 is 0. The number of benzene rings is 1. The van der Waals surface area contributed by atoms with Gasteiger partial charge in [0, 0.05) is 0 Å². The van der Waals surface area contributed by atoms with E-state index in [9.17, 15) is 0 Å². The molecule has 0 fully saturated rings. The molecule has 180 valence electrons. The van der Waals surface area contributed by atoms with Crippen LogP contribution in [-0.4, -0.2) is 0 Å². The predicted octanol–water partition coefficient (Wildman–Crippen LogP) is 10.9. The monoisotopic (exact) mass is 428 g/mol. The zero-order valence-electron chi connectivity index (χ0n) is 21.8. The second-order valence-corrected chi connectivity index (χ2v) is 10.2. The van der Waals surface area contributed by atoms with Crippen LogP contribution in [0, 0.1) is 6.92 Å². The van der Waals surface area contributed by atoms with E-state index in [0.717, 1.165) is 0 Å². The quantitative estimate of drug-likeness (QED) is 0.161. The van der Waals surface area contributed by atoms with Crippen LogP contribution in [-0.2, 0) is 12.8 Å². The Morgan fingerprint density at radius 2 is 0.677 bits per heavy atom. The first-order valence-electron chi connectivity index (χ1n) is 14.4. The van der Waals surface area contributed by atoms with E-state index in [2.05, 4.69) is 39.0 Å². The summed E-state index contributed by atoms with van der Waals surface area (Å²) in [6.45, 7) is 6.88. The summed E-state index contributed by atoms with van der Waals surface area (Å²) in [5.74, 6) is 0. The van der Waals surface area contributed by atoms with Gasteiger partial charge in [0.2, 0.25) is 0 Å². The lowest BCUT2D eigenvalue weighted by Gasteiger charge is -2.09. The van der Waals surface area contributed by atoms with Crippen LogP contribution in [0.2, 0.25) is 0 Å². The molecule has 0 heteroatoms. The minimum Gasteiger partial charge on any atom is -0.0654 e. The lowest BCUT2D eigenvalue weighted by Crippen LogP contribution is -1.93. The van der Waals surface area contributed by atoms with Crippen molar-refractivity contribution in [3.05, 3.63) is 34.9 Å². The number of hydrogen-bond donors (Lipinski definition) is 0. The summed E-state index contributed by atoms with van der Waals surface area (Å²) in [4.78, 5) is 0. The van der Waals surface area contributed by atoms with Gasteiger partial charge in [-0.1, -0.05) is 153 Å². The van der Waals surface area contributed by atoms with E-state index in [1.54, 1.807) is 11.1 Å². The summed E-state index contributed by atoms with van der Waals surface area (Å²) in [5.41, 5.74) is 4.63. The van der Waals surface area contributed by atoms with Gasteiger partial charge < -0.3 is 0 Å². The summed E-state index contributed by atoms with van der Waals surface area (Å²) in [6, 6.07) is 7.36. The van der Waals surface area contributed by atoms with Crippen molar-refractivity contribution < 1.29 is 0 Å². The Kier molecular flexibility index (Phi) is 19.2. The molecule has 0 aromatic heterocycles. The third-order valence-corrected chi connectivity index (χ3v) is 6.83. The molecule has 0 unspecified atom stereocenters. The van der Waals surface area contributed by atoms with Crippen molar-refractivity contribution in [3.8, 4) is 0 Å². The molecular formula is C31H56. The Balaban J connectivity index is 2.06. The first-order chi connectivity index (χ1) is 15.3. The van der Waals surface area contributed by atoms with Crippen LogP contribution in [0.15, 0.2) is 18.2 Å². The Bertz CT molecular complexity index is 459. The normalized spacial score (nSPS) is 11.3. The van der Waals surface area contributed by atoms with Crippen molar-refractivity contribution in [2.75, 3.05) is 0 Å². The second-order valence-electron chi connectivity index (χ2n) is 10.2. The van der Waals surface area contributed by atoms with Gasteiger partial charge in [-0.15, -0.1) is 0 Å². The highest BCUT2D eigenvalue weighted by atomic mass is 14.1. The molecule has 0 bridgehead atoms. The molecule has 0 aliphatic rings. The Labute approximate surface area is 197 Å². The van der Waals surface area contributed by atoms with Crippen molar-refractivity contribution in [3.63, 3.8) is 0 Å². The molecule has 0 N–H and O–H groups in total. The second kappa shape index (κ2) is 21.1. The number of unbranched alkanes of at least 4 members (excludes halogenated alkanes) is 18. The molecule has 0 nitrogen and oxygen atoms in total. The third kappa shape index (κ3) is 17.5. The van der Waals surface area contributed by atoms with E-state index >= 15 is 0 Å². The fraction of sp³-hybridized carbons (Fsp3) is 0.806. The third-order valence-electron chi connectivity index (χ3n) is 6.83. The molecule has 0 aliphatic heterocycles. The van der Waals surface area contributed by atoms with E-state index in [1.165, 1.54) is 147 Å². The molecule has 31 heavy (non-hydrogen) atoms. The molecular weight excluding hydrogens is 372 g/mol. The first kappa shape index (κ1) is 28.3. The molecule has 0 atom stereocenters. The molecule has 0 spiro atoms. The Morgan fingerprint density at radius 1 is 0.387 bits per heavy atom. The van der Waals surface area contributed by atoms with Gasteiger partial charge in [0.1, 0.15) is 0 Å². The molecule has 1 aromatic rings. The van der Waals surface area contributed by atoms with Gasteiger partial charge in [0.05, 0.1) is 0 Å². The molecule has 0 saturated carbocycles. The highest BCUT2D eigenvalue weighted by molar-refractivity contribution is 5.29. The maximum absolute atomic E-state index is 2.51. The van der Waals surface area contributed by atoms with Crippen molar-refractivity contribution in [2.24, 2.45) is 0 Å². The molecule has 1 aromatic carbocycles. The number of hydrogen-bond acceptors (Lipinski definition) is 0. The van der Waals surface area contributed by atoms with Crippen LogP contribution in [0.1, 0.15) is 159 Å². The molecule has 0 saturated heterocycles. The van der Waals surface area contributed by atoms with Crippen molar-refractivity contribution in [2.45, 2.75) is 162 Å². The minimum absolute atomic E-state index is 1.28. The number of rotatable bonds is 22. The maximum Gasteiger partial charge on any atom is -0.0279 e. The average Bonchev–Trinajstić information content (AvgIpc) is 2.76. The zero-order chi connectivity index (χ0) is 22.4. The Morgan fingerprint density at radius 3 is 1.00 bits per heavy atom. The van der Waals surface area contributed by atoms with Gasteiger partial charge in [0.25, 0.3) is 0 Å². The lowest BCUT2D eigenvalue weighted by molar-refractivity contribution is 0.555. The topological polar surface area (TPSA) is 0 Å². The van der Waals surface area contributed by atoms with Crippen molar-refractivity contribution in [1.82, 2.24) is 0 Å². The molecule has 0 heterocycles. The van der Waals surface area contributed by atoms with Gasteiger partial charge in [-0.25, -0.2) is 0 Å². The smallest absolute Gasteiger partial charge is 0.0279 e. The van der Waals surface area contributed by atoms with Gasteiger partial charge in [0.15, 0.2) is 0 Å². The van der Waals surface area contributed by atoms with E-state index < -0.39 is 0 Å². The van der Waals surface area contributed by atoms with Crippen LogP contribution in [0.3, 0.4) is 0 Å². The van der Waals surface area contributed by atoms with Crippen molar-refractivity contribution >= 4 is 0 Å². The van der Waals surface area contributed by atoms with E-state index in [-0.39, 0.29) is 0 Å². The van der Waals surface area contributed by atoms with Crippen LogP contribution < -0.4 is 0 Å². The molecule has 0 amide bonds. The lowest BCUT2D eigenvalue weighted by atomic mass is 9.97. The maximum atomic E-state index is 2.51. The Hall–Kier alpha value is -0.780. The largest absolute Gasteiger partial charge is 0.0654 e. The van der Waals surface area contributed by atoms with Gasteiger partial charge >= 0.3 is 0 Å². The number of aryl methyl sites for hydroxylation is 3. The fourth-order valence-electron chi connectivity index (χ4n) is 4.87. The van der Waals surface area contributed by atoms with Crippen molar-refractivity contribution in [1.29, 1.82) is 0 Å². The average molecular weight is 429 g/mol. The standard InChI is InChI=1S/C31H56/c1-4-6-8-10-12-14-16-18-20-22-24-30-26-29(3)27-31(28-30)25-23-21-19-17-15-13-11-9-7-5-2/h26-28H,4-25H2,1-3H3. The summed E-state index contributed by atoms with van der Waals surface area (Å²) in [5, 5.41) is 0. The van der Waals surface area contributed by atoms with Gasteiger partial charge in [-0.2, -0.15) is 0 Å². The fourth-order valence-corrected chi connectivity index (χ4v) is 4.87. The van der Waals surface area contributed by atoms with E-state index in [0.29, 0.717) is 0 Å². The summed E-state index contributed by atoms with van der Waals surface area (Å²) in [6.07, 6.45) is 31.1. The predicted molar refractivity (Wildman–Crippen MR) is 142 cm³/mol. The highest BCUT2D eigenvalue weighted by Crippen LogP contribution is 2.17. The first-order valence-corrected chi connectivity index (χ1v) is 14.4. The van der Waals surface area contributed by atoms with Crippen LogP contribution in [0.5, 0.6) is 0 Å². The van der Waals surface area contributed by atoms with Crippen LogP contribution in [0.4, 0.5) is 0 Å². The van der Waals surface area contributed by atoms with Gasteiger partial charge in [-0.3, -0.25) is 0 Å². The molecule has 1 rings (SSSR count). The van der Waals surface area contributed by atoms with Gasteiger partial charge in [-0.05, 0) is 43.7 Å². The highest BCUT2D eigenvalue weighted by Gasteiger charge is 2.01. The van der Waals surface area contributed by atoms with Crippen LogP contribution in [0.25, 0.3) is 0 Å². The van der Waals surface area contributed by atoms with E-state index in [1.807, 2.05) is 0 Å².